The number of methoxy groups -OCH3 is 1. The third kappa shape index (κ3) is 4.10. The van der Waals surface area contributed by atoms with Crippen LogP contribution in [0.5, 0.6) is 0 Å². The number of primary amides is 1. The molecule has 2 atom stereocenters. The van der Waals surface area contributed by atoms with Gasteiger partial charge in [0.2, 0.25) is 5.91 Å². The molecule has 0 saturated heterocycles. The quantitative estimate of drug-likeness (QED) is 0.714. The van der Waals surface area contributed by atoms with Gasteiger partial charge < -0.3 is 15.8 Å². The predicted molar refractivity (Wildman–Crippen MR) is 64.0 cm³/mol. The Kier molecular flexibility index (Phi) is 5.77. The molecule has 0 aromatic heterocycles. The number of hydrogen-bond donors (Lipinski definition) is 2. The van der Waals surface area contributed by atoms with Crippen LogP contribution in [0.15, 0.2) is 0 Å². The Balaban J connectivity index is 2.39. The van der Waals surface area contributed by atoms with Gasteiger partial charge in [0.25, 0.3) is 0 Å². The van der Waals surface area contributed by atoms with Crippen LogP contribution >= 0.6 is 0 Å². The van der Waals surface area contributed by atoms with Crippen molar-refractivity contribution in [3.63, 3.8) is 0 Å². The summed E-state index contributed by atoms with van der Waals surface area (Å²) in [6, 6.07) is -0.0186. The summed E-state index contributed by atoms with van der Waals surface area (Å²) in [4.78, 5) is 11.2. The molecular weight excluding hydrogens is 204 g/mol. The topological polar surface area (TPSA) is 64.3 Å². The number of hydrogen-bond acceptors (Lipinski definition) is 3. The molecular formula is C12H24N2O2. The molecule has 0 spiro atoms. The van der Waals surface area contributed by atoms with Crippen LogP contribution < -0.4 is 11.1 Å². The van der Waals surface area contributed by atoms with Gasteiger partial charge in [-0.05, 0) is 25.7 Å². The van der Waals surface area contributed by atoms with Gasteiger partial charge in [0, 0.05) is 13.2 Å². The molecule has 94 valence electrons. The van der Waals surface area contributed by atoms with Crippen molar-refractivity contribution < 1.29 is 9.53 Å². The first kappa shape index (κ1) is 13.5. The van der Waals surface area contributed by atoms with Crippen molar-refractivity contribution >= 4 is 5.91 Å². The summed E-state index contributed by atoms with van der Waals surface area (Å²) in [6.07, 6.45) is 6.48. The molecule has 0 aromatic carbocycles. The van der Waals surface area contributed by atoms with Crippen LogP contribution in [0.4, 0.5) is 0 Å². The molecule has 16 heavy (non-hydrogen) atoms. The maximum absolute atomic E-state index is 11.2. The minimum atomic E-state index is -0.359. The highest BCUT2D eigenvalue weighted by Gasteiger charge is 2.24. The monoisotopic (exact) mass is 228 g/mol. The van der Waals surface area contributed by atoms with E-state index in [1.807, 2.05) is 0 Å². The molecule has 1 aliphatic rings. The SMILES string of the molecule is COCC(NC(C)C1CCCCC1)C(N)=O. The van der Waals surface area contributed by atoms with Gasteiger partial charge in [0.1, 0.15) is 6.04 Å². The minimum absolute atomic E-state index is 0.329. The van der Waals surface area contributed by atoms with Crippen molar-refractivity contribution in [3.8, 4) is 0 Å². The lowest BCUT2D eigenvalue weighted by atomic mass is 9.84. The molecule has 4 nitrogen and oxygen atoms in total. The van der Waals surface area contributed by atoms with E-state index in [2.05, 4.69) is 12.2 Å². The average Bonchev–Trinajstić information content (AvgIpc) is 2.29. The Labute approximate surface area is 97.9 Å². The lowest BCUT2D eigenvalue weighted by molar-refractivity contribution is -0.121. The molecule has 4 heteroatoms. The number of ether oxygens (including phenoxy) is 1. The average molecular weight is 228 g/mol. The molecule has 1 saturated carbocycles. The van der Waals surface area contributed by atoms with Gasteiger partial charge in [-0.15, -0.1) is 0 Å². The fraction of sp³-hybridized carbons (Fsp3) is 0.917. The third-order valence-electron chi connectivity index (χ3n) is 3.50. The maximum Gasteiger partial charge on any atom is 0.236 e. The van der Waals surface area contributed by atoms with Crippen LogP contribution in [-0.2, 0) is 9.53 Å². The van der Waals surface area contributed by atoms with Gasteiger partial charge in [0.05, 0.1) is 6.61 Å². The van der Waals surface area contributed by atoms with Crippen LogP contribution in [0.25, 0.3) is 0 Å². The lowest BCUT2D eigenvalue weighted by Gasteiger charge is -2.30. The normalized spacial score (nSPS) is 21.6. The molecule has 0 bridgehead atoms. The van der Waals surface area contributed by atoms with Crippen LogP contribution in [0, 0.1) is 5.92 Å². The van der Waals surface area contributed by atoms with Gasteiger partial charge in [0.15, 0.2) is 0 Å². The Morgan fingerprint density at radius 1 is 1.44 bits per heavy atom. The molecule has 2 unspecified atom stereocenters. The molecule has 3 N–H and O–H groups in total. The first-order valence-corrected chi connectivity index (χ1v) is 6.19. The Morgan fingerprint density at radius 2 is 2.06 bits per heavy atom. The second-order valence-electron chi connectivity index (χ2n) is 4.76. The Hall–Kier alpha value is -0.610. The predicted octanol–water partition coefficient (Wildman–Crippen LogP) is 1.05. The molecule has 0 aromatic rings. The number of rotatable bonds is 6. The molecule has 0 aliphatic heterocycles. The molecule has 0 heterocycles. The van der Waals surface area contributed by atoms with E-state index in [-0.39, 0.29) is 11.9 Å². The Bertz CT molecular complexity index is 215. The van der Waals surface area contributed by atoms with Gasteiger partial charge >= 0.3 is 0 Å². The maximum atomic E-state index is 11.2. The van der Waals surface area contributed by atoms with Crippen molar-refractivity contribution in [1.82, 2.24) is 5.32 Å². The second kappa shape index (κ2) is 6.86. The highest BCUT2D eigenvalue weighted by Crippen LogP contribution is 2.26. The van der Waals surface area contributed by atoms with E-state index in [0.717, 1.165) is 0 Å². The van der Waals surface area contributed by atoms with E-state index >= 15 is 0 Å². The molecule has 1 rings (SSSR count). The summed E-state index contributed by atoms with van der Waals surface area (Å²) in [6.45, 7) is 2.49. The van der Waals surface area contributed by atoms with E-state index in [9.17, 15) is 4.79 Å². The van der Waals surface area contributed by atoms with E-state index in [4.69, 9.17) is 10.5 Å². The van der Waals surface area contributed by atoms with Crippen LogP contribution in [0.1, 0.15) is 39.0 Å². The molecule has 1 fully saturated rings. The number of nitrogens with two attached hydrogens (primary N) is 1. The third-order valence-corrected chi connectivity index (χ3v) is 3.50. The van der Waals surface area contributed by atoms with Gasteiger partial charge in [-0.3, -0.25) is 4.79 Å². The van der Waals surface area contributed by atoms with Crippen molar-refractivity contribution in [2.24, 2.45) is 11.7 Å². The van der Waals surface area contributed by atoms with Crippen molar-refractivity contribution in [3.05, 3.63) is 0 Å². The number of carbonyl (C=O) groups excluding carboxylic acids is 1. The van der Waals surface area contributed by atoms with E-state index < -0.39 is 0 Å². The number of nitrogens with one attached hydrogen (secondary N) is 1. The number of carbonyl (C=O) groups is 1. The standard InChI is InChI=1S/C12H24N2O2/c1-9(10-6-4-3-5-7-10)14-11(8-16-2)12(13)15/h9-11,14H,3-8H2,1-2H3,(H2,13,15). The molecule has 0 radical (unpaired) electrons. The van der Waals surface area contributed by atoms with Crippen molar-refractivity contribution in [2.75, 3.05) is 13.7 Å². The van der Waals surface area contributed by atoms with Crippen LogP contribution in [0.3, 0.4) is 0 Å². The molecule has 1 aliphatic carbocycles. The molecule has 1 amide bonds. The van der Waals surface area contributed by atoms with Crippen LogP contribution in [0.2, 0.25) is 0 Å². The fourth-order valence-electron chi connectivity index (χ4n) is 2.47. The minimum Gasteiger partial charge on any atom is -0.383 e. The first-order chi connectivity index (χ1) is 7.65. The Morgan fingerprint density at radius 3 is 2.56 bits per heavy atom. The zero-order chi connectivity index (χ0) is 12.0. The van der Waals surface area contributed by atoms with Crippen molar-refractivity contribution in [1.29, 1.82) is 0 Å². The highest BCUT2D eigenvalue weighted by atomic mass is 16.5. The summed E-state index contributed by atoms with van der Waals surface area (Å²) in [5, 5.41) is 3.29. The van der Waals surface area contributed by atoms with Gasteiger partial charge in [-0.1, -0.05) is 19.3 Å². The van der Waals surface area contributed by atoms with Crippen LogP contribution in [-0.4, -0.2) is 31.7 Å². The summed E-state index contributed by atoms with van der Waals surface area (Å²) < 4.78 is 4.99. The largest absolute Gasteiger partial charge is 0.383 e. The highest BCUT2D eigenvalue weighted by molar-refractivity contribution is 5.80. The smallest absolute Gasteiger partial charge is 0.236 e. The zero-order valence-electron chi connectivity index (χ0n) is 10.4. The summed E-state index contributed by atoms with van der Waals surface area (Å²) in [5.74, 6) is 0.344. The van der Waals surface area contributed by atoms with E-state index in [0.29, 0.717) is 18.6 Å². The first-order valence-electron chi connectivity index (χ1n) is 6.19. The van der Waals surface area contributed by atoms with Gasteiger partial charge in [-0.25, -0.2) is 0 Å². The zero-order valence-corrected chi connectivity index (χ0v) is 10.4. The second-order valence-corrected chi connectivity index (χ2v) is 4.76. The summed E-state index contributed by atoms with van der Waals surface area (Å²) >= 11 is 0. The van der Waals surface area contributed by atoms with E-state index in [1.165, 1.54) is 32.1 Å². The number of amides is 1. The van der Waals surface area contributed by atoms with Crippen molar-refractivity contribution in [2.45, 2.75) is 51.1 Å². The summed E-state index contributed by atoms with van der Waals surface area (Å²) in [5.41, 5.74) is 5.32. The van der Waals surface area contributed by atoms with E-state index in [1.54, 1.807) is 7.11 Å². The summed E-state index contributed by atoms with van der Waals surface area (Å²) in [7, 11) is 1.59. The van der Waals surface area contributed by atoms with Gasteiger partial charge in [-0.2, -0.15) is 0 Å². The fourth-order valence-corrected chi connectivity index (χ4v) is 2.47. The lowest BCUT2D eigenvalue weighted by Crippen LogP contribution is -2.50.